The average molecular weight is 467 g/mol. The first kappa shape index (κ1) is 22.5. The maximum absolute atomic E-state index is 13.2. The minimum atomic E-state index is -0.543. The lowest BCUT2D eigenvalue weighted by Gasteiger charge is -2.11. The summed E-state index contributed by atoms with van der Waals surface area (Å²) < 4.78 is 18.2. The van der Waals surface area contributed by atoms with Gasteiger partial charge in [-0.15, -0.1) is 10.2 Å². The molecular weight excluding hydrogens is 443 g/mol. The van der Waals surface area contributed by atoms with Crippen LogP contribution in [0.2, 0.25) is 0 Å². The first-order chi connectivity index (χ1) is 15.8. The van der Waals surface area contributed by atoms with Crippen molar-refractivity contribution in [2.24, 2.45) is 14.1 Å². The van der Waals surface area contributed by atoms with Crippen LogP contribution in [0, 0.1) is 12.7 Å². The first-order valence-electron chi connectivity index (χ1n) is 10.2. The molecule has 1 atom stereocenters. The molecule has 33 heavy (non-hydrogen) atoms. The number of amides is 1. The van der Waals surface area contributed by atoms with Crippen molar-refractivity contribution < 1.29 is 9.18 Å². The summed E-state index contributed by atoms with van der Waals surface area (Å²) in [7, 11) is 3.56. The molecule has 0 aliphatic rings. The Balaban J connectivity index is 1.53. The second-order valence-electron chi connectivity index (χ2n) is 7.56. The molecule has 2 aromatic carbocycles. The summed E-state index contributed by atoms with van der Waals surface area (Å²) in [5, 5.41) is 11.1. The van der Waals surface area contributed by atoms with Gasteiger partial charge in [0.25, 0.3) is 5.56 Å². The fourth-order valence-electron chi connectivity index (χ4n) is 3.42. The summed E-state index contributed by atoms with van der Waals surface area (Å²) in [6, 6.07) is 15.2. The van der Waals surface area contributed by atoms with E-state index in [1.54, 1.807) is 49.3 Å². The lowest BCUT2D eigenvalue weighted by atomic mass is 10.2. The Morgan fingerprint density at radius 1 is 1.06 bits per heavy atom. The Bertz CT molecular complexity index is 1360. The van der Waals surface area contributed by atoms with Gasteiger partial charge in [-0.25, -0.2) is 9.07 Å². The number of aromatic nitrogens is 5. The van der Waals surface area contributed by atoms with Crippen molar-refractivity contribution in [3.05, 3.63) is 76.5 Å². The van der Waals surface area contributed by atoms with Crippen LogP contribution in [0.15, 0.2) is 64.5 Å². The molecule has 1 N–H and O–H groups in total. The highest BCUT2D eigenvalue weighted by molar-refractivity contribution is 8.00. The third-order valence-corrected chi connectivity index (χ3v) is 6.53. The van der Waals surface area contributed by atoms with Crippen LogP contribution in [-0.4, -0.2) is 35.3 Å². The number of hydrogen-bond donors (Lipinski definition) is 1. The van der Waals surface area contributed by atoms with Crippen molar-refractivity contribution >= 4 is 23.4 Å². The molecular formula is C23H23FN6O2S. The van der Waals surface area contributed by atoms with E-state index in [2.05, 4.69) is 15.5 Å². The van der Waals surface area contributed by atoms with Crippen LogP contribution in [0.25, 0.3) is 17.1 Å². The van der Waals surface area contributed by atoms with E-state index in [0.29, 0.717) is 22.4 Å². The molecule has 8 nitrogen and oxygen atoms in total. The SMILES string of the molecule is Cc1c(NC(=O)C(C)Sc2nnc(-c3ccc(F)cc3)n2C)c(=O)n(-c2ccccc2)n1C. The lowest BCUT2D eigenvalue weighted by Crippen LogP contribution is -2.27. The molecule has 0 spiro atoms. The molecule has 0 fully saturated rings. The molecule has 170 valence electrons. The summed E-state index contributed by atoms with van der Waals surface area (Å²) in [5.41, 5.74) is 2.01. The van der Waals surface area contributed by atoms with E-state index in [4.69, 9.17) is 0 Å². The van der Waals surface area contributed by atoms with Crippen molar-refractivity contribution in [2.45, 2.75) is 24.3 Å². The second kappa shape index (κ2) is 9.07. The fraction of sp³-hybridized carbons (Fsp3) is 0.217. The maximum atomic E-state index is 13.2. The van der Waals surface area contributed by atoms with Gasteiger partial charge in [0.2, 0.25) is 5.91 Å². The van der Waals surface area contributed by atoms with Crippen molar-refractivity contribution in [3.8, 4) is 17.1 Å². The highest BCUT2D eigenvalue weighted by Gasteiger charge is 2.23. The molecule has 10 heteroatoms. The van der Waals surface area contributed by atoms with Gasteiger partial charge in [-0.2, -0.15) is 0 Å². The van der Waals surface area contributed by atoms with Crippen LogP contribution < -0.4 is 10.9 Å². The van der Waals surface area contributed by atoms with Gasteiger partial charge >= 0.3 is 0 Å². The van der Waals surface area contributed by atoms with Crippen LogP contribution in [0.5, 0.6) is 0 Å². The van der Waals surface area contributed by atoms with Gasteiger partial charge in [-0.3, -0.25) is 14.3 Å². The van der Waals surface area contributed by atoms with Gasteiger partial charge < -0.3 is 9.88 Å². The van der Waals surface area contributed by atoms with Gasteiger partial charge in [0.05, 0.1) is 16.6 Å². The van der Waals surface area contributed by atoms with E-state index in [-0.39, 0.29) is 23.0 Å². The van der Waals surface area contributed by atoms with Crippen LogP contribution in [0.3, 0.4) is 0 Å². The summed E-state index contributed by atoms with van der Waals surface area (Å²) >= 11 is 1.22. The normalized spacial score (nSPS) is 12.0. The molecule has 0 saturated heterocycles. The highest BCUT2D eigenvalue weighted by atomic mass is 32.2. The van der Waals surface area contributed by atoms with E-state index in [1.165, 1.54) is 28.6 Å². The molecule has 0 radical (unpaired) electrons. The predicted molar refractivity (Wildman–Crippen MR) is 126 cm³/mol. The standard InChI is InChI=1S/C23H23FN6O2S/c1-14-19(22(32)30(29(14)4)18-8-6-5-7-9-18)25-21(31)15(2)33-23-27-26-20(28(23)3)16-10-12-17(24)13-11-16/h5-13,15H,1-4H3,(H,25,31). The Morgan fingerprint density at radius 2 is 1.73 bits per heavy atom. The first-order valence-corrected chi connectivity index (χ1v) is 11.1. The summed E-state index contributed by atoms with van der Waals surface area (Å²) in [6.07, 6.45) is 0. The Hall–Kier alpha value is -3.66. The number of para-hydroxylation sites is 1. The van der Waals surface area contributed by atoms with Crippen molar-refractivity contribution in [1.29, 1.82) is 0 Å². The lowest BCUT2D eigenvalue weighted by molar-refractivity contribution is -0.115. The van der Waals surface area contributed by atoms with Gasteiger partial charge in [0, 0.05) is 19.7 Å². The average Bonchev–Trinajstić information content (AvgIpc) is 3.27. The Kier molecular flexibility index (Phi) is 6.19. The zero-order valence-corrected chi connectivity index (χ0v) is 19.4. The third-order valence-electron chi connectivity index (χ3n) is 5.39. The highest BCUT2D eigenvalue weighted by Crippen LogP contribution is 2.26. The topological polar surface area (TPSA) is 86.7 Å². The molecule has 2 aromatic heterocycles. The quantitative estimate of drug-likeness (QED) is 0.439. The number of carbonyl (C=O) groups is 1. The number of hydrogen-bond acceptors (Lipinski definition) is 5. The molecule has 1 amide bonds. The Labute approximate surface area is 194 Å². The van der Waals surface area contributed by atoms with E-state index in [0.717, 1.165) is 5.56 Å². The van der Waals surface area contributed by atoms with E-state index >= 15 is 0 Å². The summed E-state index contributed by atoms with van der Waals surface area (Å²) in [6.45, 7) is 3.52. The van der Waals surface area contributed by atoms with Gasteiger partial charge in [0.15, 0.2) is 11.0 Å². The van der Waals surface area contributed by atoms with Crippen LogP contribution >= 0.6 is 11.8 Å². The molecule has 1 unspecified atom stereocenters. The molecule has 0 bridgehead atoms. The van der Waals surface area contributed by atoms with Crippen molar-refractivity contribution in [2.75, 3.05) is 5.32 Å². The Morgan fingerprint density at radius 3 is 2.39 bits per heavy atom. The van der Waals surface area contributed by atoms with Crippen LogP contribution in [0.1, 0.15) is 12.6 Å². The largest absolute Gasteiger partial charge is 0.319 e. The summed E-state index contributed by atoms with van der Waals surface area (Å²) in [5.74, 6) is -0.0875. The number of halogens is 1. The minimum absolute atomic E-state index is 0.240. The van der Waals surface area contributed by atoms with Gasteiger partial charge in [-0.05, 0) is 50.2 Å². The molecule has 4 rings (SSSR count). The second-order valence-corrected chi connectivity index (χ2v) is 8.87. The molecule has 0 aliphatic carbocycles. The van der Waals surface area contributed by atoms with E-state index in [1.807, 2.05) is 30.3 Å². The van der Waals surface area contributed by atoms with E-state index in [9.17, 15) is 14.0 Å². The number of anilines is 1. The third kappa shape index (κ3) is 4.34. The molecule has 2 heterocycles. The number of benzene rings is 2. The number of nitrogens with one attached hydrogen (secondary N) is 1. The van der Waals surface area contributed by atoms with E-state index < -0.39 is 5.25 Å². The molecule has 4 aromatic rings. The molecule has 0 saturated carbocycles. The summed E-state index contributed by atoms with van der Waals surface area (Å²) in [4.78, 5) is 25.9. The smallest absolute Gasteiger partial charge is 0.295 e. The zero-order valence-electron chi connectivity index (χ0n) is 18.6. The van der Waals surface area contributed by atoms with Gasteiger partial charge in [-0.1, -0.05) is 30.0 Å². The number of nitrogens with zero attached hydrogens (tertiary/aromatic N) is 5. The van der Waals surface area contributed by atoms with Crippen LogP contribution in [-0.2, 0) is 18.9 Å². The monoisotopic (exact) mass is 466 g/mol. The minimum Gasteiger partial charge on any atom is -0.319 e. The number of rotatable bonds is 6. The van der Waals surface area contributed by atoms with Crippen LogP contribution in [0.4, 0.5) is 10.1 Å². The zero-order chi connectivity index (χ0) is 23.7. The van der Waals surface area contributed by atoms with Gasteiger partial charge in [0.1, 0.15) is 11.5 Å². The van der Waals surface area contributed by atoms with Crippen molar-refractivity contribution in [3.63, 3.8) is 0 Å². The van der Waals surface area contributed by atoms with Crippen molar-refractivity contribution in [1.82, 2.24) is 24.1 Å². The predicted octanol–water partition coefficient (Wildman–Crippen LogP) is 3.54. The maximum Gasteiger partial charge on any atom is 0.295 e. The fourth-order valence-corrected chi connectivity index (χ4v) is 4.23. The number of thioether (sulfide) groups is 1. The molecule has 0 aliphatic heterocycles. The number of carbonyl (C=O) groups excluding carboxylic acids is 1.